The lowest BCUT2D eigenvalue weighted by Gasteiger charge is -2.19. The summed E-state index contributed by atoms with van der Waals surface area (Å²) in [6.45, 7) is 3.95. The van der Waals surface area contributed by atoms with E-state index < -0.39 is 0 Å². The van der Waals surface area contributed by atoms with Gasteiger partial charge in [0, 0.05) is 18.0 Å². The van der Waals surface area contributed by atoms with Crippen LogP contribution in [0.3, 0.4) is 0 Å². The lowest BCUT2D eigenvalue weighted by molar-refractivity contribution is 0.0926. The van der Waals surface area contributed by atoms with E-state index in [0.29, 0.717) is 5.88 Å². The van der Waals surface area contributed by atoms with Crippen LogP contribution in [0, 0.1) is 5.92 Å². The Morgan fingerprint density at radius 3 is 2.69 bits per heavy atom. The number of hydrogen-bond donors (Lipinski definition) is 2. The first kappa shape index (κ1) is 12.8. The van der Waals surface area contributed by atoms with Gasteiger partial charge in [0.05, 0.1) is 0 Å². The Bertz CT molecular complexity index is 414. The van der Waals surface area contributed by atoms with E-state index in [9.17, 15) is 9.59 Å². The Balaban J connectivity index is 2.75. The zero-order valence-electron chi connectivity index (χ0n) is 9.29. The quantitative estimate of drug-likeness (QED) is 0.784. The third-order valence-electron chi connectivity index (χ3n) is 2.30. The van der Waals surface area contributed by atoms with Gasteiger partial charge in [0.25, 0.3) is 5.91 Å². The number of nitrogens with one attached hydrogen (secondary N) is 2. The van der Waals surface area contributed by atoms with Gasteiger partial charge in [-0.3, -0.25) is 9.59 Å². The number of aromatic amines is 1. The van der Waals surface area contributed by atoms with Crippen LogP contribution >= 0.6 is 11.6 Å². The van der Waals surface area contributed by atoms with Crippen molar-refractivity contribution in [2.75, 3.05) is 5.88 Å². The van der Waals surface area contributed by atoms with E-state index in [4.69, 9.17) is 11.6 Å². The Labute approximate surface area is 99.0 Å². The molecule has 1 heterocycles. The van der Waals surface area contributed by atoms with Crippen LogP contribution in [0.15, 0.2) is 23.0 Å². The van der Waals surface area contributed by atoms with Gasteiger partial charge in [0.1, 0.15) is 5.69 Å². The van der Waals surface area contributed by atoms with E-state index in [1.54, 1.807) is 12.1 Å². The first-order valence-electron chi connectivity index (χ1n) is 5.10. The molecule has 16 heavy (non-hydrogen) atoms. The number of amides is 1. The number of hydrogen-bond acceptors (Lipinski definition) is 2. The van der Waals surface area contributed by atoms with Crippen molar-refractivity contribution in [3.8, 4) is 0 Å². The van der Waals surface area contributed by atoms with Crippen LogP contribution < -0.4 is 10.9 Å². The number of carbonyl (C=O) groups excluding carboxylic acids is 1. The third-order valence-corrected chi connectivity index (χ3v) is 2.63. The molecule has 4 nitrogen and oxygen atoms in total. The van der Waals surface area contributed by atoms with Crippen LogP contribution in [0.1, 0.15) is 24.3 Å². The molecule has 0 spiro atoms. The van der Waals surface area contributed by atoms with Gasteiger partial charge < -0.3 is 10.3 Å². The smallest absolute Gasteiger partial charge is 0.268 e. The molecule has 0 saturated carbocycles. The second-order valence-electron chi connectivity index (χ2n) is 3.91. The number of rotatable bonds is 4. The van der Waals surface area contributed by atoms with Gasteiger partial charge in [-0.2, -0.15) is 0 Å². The van der Waals surface area contributed by atoms with Crippen LogP contribution in [0.4, 0.5) is 0 Å². The highest BCUT2D eigenvalue weighted by atomic mass is 35.5. The first-order chi connectivity index (χ1) is 7.54. The zero-order valence-corrected chi connectivity index (χ0v) is 10.0. The number of alkyl halides is 1. The predicted molar refractivity (Wildman–Crippen MR) is 63.9 cm³/mol. The largest absolute Gasteiger partial charge is 0.347 e. The molecule has 0 bridgehead atoms. The molecule has 88 valence electrons. The normalized spacial score (nSPS) is 12.5. The summed E-state index contributed by atoms with van der Waals surface area (Å²) in [6, 6.07) is 4.36. The van der Waals surface area contributed by atoms with Crippen molar-refractivity contribution in [1.82, 2.24) is 10.3 Å². The minimum absolute atomic E-state index is 0.0992. The summed E-state index contributed by atoms with van der Waals surface area (Å²) in [7, 11) is 0. The fourth-order valence-corrected chi connectivity index (χ4v) is 1.64. The molecule has 1 aromatic rings. The van der Waals surface area contributed by atoms with E-state index in [-0.39, 0.29) is 29.1 Å². The van der Waals surface area contributed by atoms with Gasteiger partial charge in [-0.1, -0.05) is 19.9 Å². The number of H-pyrrole nitrogens is 1. The summed E-state index contributed by atoms with van der Waals surface area (Å²) in [6.07, 6.45) is 0. The highest BCUT2D eigenvalue weighted by molar-refractivity contribution is 6.18. The van der Waals surface area contributed by atoms with Crippen LogP contribution in [-0.2, 0) is 0 Å². The highest BCUT2D eigenvalue weighted by Crippen LogP contribution is 2.04. The monoisotopic (exact) mass is 242 g/mol. The van der Waals surface area contributed by atoms with E-state index in [2.05, 4.69) is 10.3 Å². The maximum absolute atomic E-state index is 11.7. The number of aromatic nitrogens is 1. The molecule has 5 heteroatoms. The molecule has 1 aromatic heterocycles. The van der Waals surface area contributed by atoms with Crippen LogP contribution in [0.25, 0.3) is 0 Å². The van der Waals surface area contributed by atoms with Gasteiger partial charge in [-0.15, -0.1) is 11.6 Å². The number of pyridine rings is 1. The summed E-state index contributed by atoms with van der Waals surface area (Å²) in [4.78, 5) is 25.2. The molecular weight excluding hydrogens is 228 g/mol. The summed E-state index contributed by atoms with van der Waals surface area (Å²) < 4.78 is 0. The summed E-state index contributed by atoms with van der Waals surface area (Å²) in [5, 5.41) is 2.77. The Morgan fingerprint density at radius 2 is 2.19 bits per heavy atom. The first-order valence-corrected chi connectivity index (χ1v) is 5.64. The molecule has 2 N–H and O–H groups in total. The van der Waals surface area contributed by atoms with E-state index >= 15 is 0 Å². The minimum atomic E-state index is -0.308. The lowest BCUT2D eigenvalue weighted by atomic mass is 10.1. The molecule has 0 aliphatic rings. The molecule has 0 aliphatic carbocycles. The van der Waals surface area contributed by atoms with Crippen LogP contribution in [0.5, 0.6) is 0 Å². The number of carbonyl (C=O) groups is 1. The highest BCUT2D eigenvalue weighted by Gasteiger charge is 2.16. The van der Waals surface area contributed by atoms with Crippen molar-refractivity contribution < 1.29 is 4.79 Å². The fourth-order valence-electron chi connectivity index (χ4n) is 1.21. The molecule has 0 aromatic carbocycles. The average molecular weight is 243 g/mol. The number of halogens is 1. The van der Waals surface area contributed by atoms with Crippen molar-refractivity contribution in [3.63, 3.8) is 0 Å². The van der Waals surface area contributed by atoms with Crippen LogP contribution in [0.2, 0.25) is 0 Å². The molecule has 1 amide bonds. The van der Waals surface area contributed by atoms with E-state index in [1.807, 2.05) is 13.8 Å². The predicted octanol–water partition coefficient (Wildman–Crippen LogP) is 1.37. The second kappa shape index (κ2) is 5.70. The Morgan fingerprint density at radius 1 is 1.50 bits per heavy atom. The van der Waals surface area contributed by atoms with Crippen molar-refractivity contribution in [3.05, 3.63) is 34.2 Å². The van der Waals surface area contributed by atoms with Gasteiger partial charge in [-0.05, 0) is 12.0 Å². The maximum atomic E-state index is 11.7. The van der Waals surface area contributed by atoms with Gasteiger partial charge >= 0.3 is 0 Å². The zero-order chi connectivity index (χ0) is 12.1. The van der Waals surface area contributed by atoms with Gasteiger partial charge in [-0.25, -0.2) is 0 Å². The molecule has 0 radical (unpaired) electrons. The Hall–Kier alpha value is -1.29. The van der Waals surface area contributed by atoms with E-state index in [1.165, 1.54) is 6.07 Å². The summed E-state index contributed by atoms with van der Waals surface area (Å²) in [5.41, 5.74) is -0.0390. The van der Waals surface area contributed by atoms with E-state index in [0.717, 1.165) is 0 Å². The van der Waals surface area contributed by atoms with Crippen molar-refractivity contribution in [1.29, 1.82) is 0 Å². The molecular formula is C11H15ClN2O2. The lowest BCUT2D eigenvalue weighted by Crippen LogP contribution is -2.40. The minimum Gasteiger partial charge on any atom is -0.347 e. The van der Waals surface area contributed by atoms with Crippen LogP contribution in [-0.4, -0.2) is 22.8 Å². The second-order valence-corrected chi connectivity index (χ2v) is 4.22. The molecule has 1 atom stereocenters. The average Bonchev–Trinajstić information content (AvgIpc) is 2.25. The molecule has 0 saturated heterocycles. The summed E-state index contributed by atoms with van der Waals surface area (Å²) >= 11 is 5.74. The van der Waals surface area contributed by atoms with Crippen molar-refractivity contribution >= 4 is 17.5 Å². The van der Waals surface area contributed by atoms with Gasteiger partial charge in [0.15, 0.2) is 0 Å². The maximum Gasteiger partial charge on any atom is 0.268 e. The summed E-state index contributed by atoms with van der Waals surface area (Å²) in [5.74, 6) is 0.287. The molecule has 0 fully saturated rings. The fraction of sp³-hybridized carbons (Fsp3) is 0.455. The molecule has 1 rings (SSSR count). The standard InChI is InChI=1S/C11H15ClN2O2/c1-7(2)9(6-12)14-11(16)8-4-3-5-10(15)13-8/h3-5,7,9H,6H2,1-2H3,(H,13,15)(H,14,16). The van der Waals surface area contributed by atoms with Crippen molar-refractivity contribution in [2.45, 2.75) is 19.9 Å². The van der Waals surface area contributed by atoms with Gasteiger partial charge in [0.2, 0.25) is 5.56 Å². The van der Waals surface area contributed by atoms with Crippen molar-refractivity contribution in [2.24, 2.45) is 5.92 Å². The topological polar surface area (TPSA) is 62.0 Å². The third kappa shape index (κ3) is 3.38. The Kier molecular flexibility index (Phi) is 4.55. The molecule has 0 aliphatic heterocycles. The molecule has 1 unspecified atom stereocenters. The SMILES string of the molecule is CC(C)C(CCl)NC(=O)c1cccc(=O)[nH]1.